The molecule has 1 amide bonds. The number of nitrogens with zero attached hydrogens (tertiary/aromatic N) is 1. The third-order valence-electron chi connectivity index (χ3n) is 3.52. The van der Waals surface area contributed by atoms with E-state index in [1.165, 1.54) is 0 Å². The van der Waals surface area contributed by atoms with Crippen molar-refractivity contribution in [2.24, 2.45) is 0 Å². The van der Waals surface area contributed by atoms with E-state index >= 15 is 0 Å². The molecular formula is C16H19ClN2O2. The molecule has 1 aromatic rings. The lowest BCUT2D eigenvalue weighted by molar-refractivity contribution is -0.0551. The molecule has 21 heavy (non-hydrogen) atoms. The highest BCUT2D eigenvalue weighted by atomic mass is 35.5. The minimum Gasteiger partial charge on any atom is -0.438 e. The molecule has 1 N–H and O–H groups in total. The van der Waals surface area contributed by atoms with Crippen LogP contribution in [0.25, 0.3) is 0 Å². The van der Waals surface area contributed by atoms with Crippen molar-refractivity contribution in [2.75, 3.05) is 0 Å². The first-order valence-corrected chi connectivity index (χ1v) is 7.35. The second kappa shape index (κ2) is 5.57. The molecule has 5 heteroatoms. The summed E-state index contributed by atoms with van der Waals surface area (Å²) in [7, 11) is 0. The zero-order valence-corrected chi connectivity index (χ0v) is 13.3. The fourth-order valence-corrected chi connectivity index (χ4v) is 2.60. The molecule has 4 nitrogen and oxygen atoms in total. The molecule has 0 aliphatic heterocycles. The molecule has 1 fully saturated rings. The van der Waals surface area contributed by atoms with Crippen molar-refractivity contribution in [3.63, 3.8) is 0 Å². The van der Waals surface area contributed by atoms with Gasteiger partial charge in [0.05, 0.1) is 11.6 Å². The maximum absolute atomic E-state index is 12.1. The van der Waals surface area contributed by atoms with Crippen LogP contribution in [0.5, 0.6) is 0 Å². The Morgan fingerprint density at radius 1 is 1.43 bits per heavy atom. The van der Waals surface area contributed by atoms with E-state index < -0.39 is 11.7 Å². The molecule has 0 unspecified atom stereocenters. The number of hydrogen-bond donors (Lipinski definition) is 1. The SMILES string of the molecule is CC(C)(C)NC(=O)OC1(c2cc(Cl)ccc2C#N)CCC1. The summed E-state index contributed by atoms with van der Waals surface area (Å²) in [4.78, 5) is 12.1. The fraction of sp³-hybridized carbons (Fsp3) is 0.500. The highest BCUT2D eigenvalue weighted by Gasteiger charge is 2.44. The second-order valence-corrected chi connectivity index (χ2v) is 6.85. The van der Waals surface area contributed by atoms with Crippen LogP contribution < -0.4 is 5.32 Å². The van der Waals surface area contributed by atoms with Crippen molar-refractivity contribution in [3.05, 3.63) is 34.3 Å². The minimum absolute atomic E-state index is 0.367. The average molecular weight is 307 g/mol. The molecule has 0 radical (unpaired) electrons. The molecule has 1 aromatic carbocycles. The van der Waals surface area contributed by atoms with Crippen LogP contribution in [0.4, 0.5) is 4.79 Å². The quantitative estimate of drug-likeness (QED) is 0.894. The van der Waals surface area contributed by atoms with E-state index in [0.29, 0.717) is 29.0 Å². The first-order chi connectivity index (χ1) is 9.76. The second-order valence-electron chi connectivity index (χ2n) is 6.41. The van der Waals surface area contributed by atoms with Gasteiger partial charge in [0, 0.05) is 16.1 Å². The van der Waals surface area contributed by atoms with E-state index in [9.17, 15) is 10.1 Å². The van der Waals surface area contributed by atoms with Gasteiger partial charge in [0.15, 0.2) is 0 Å². The number of nitrogens with one attached hydrogen (secondary N) is 1. The zero-order valence-electron chi connectivity index (χ0n) is 12.5. The number of carbonyl (C=O) groups is 1. The number of amides is 1. The first kappa shape index (κ1) is 15.7. The van der Waals surface area contributed by atoms with Gasteiger partial charge in [0.25, 0.3) is 0 Å². The van der Waals surface area contributed by atoms with Gasteiger partial charge in [-0.3, -0.25) is 0 Å². The Hall–Kier alpha value is -1.73. The molecule has 0 saturated heterocycles. The molecule has 1 aliphatic carbocycles. The standard InChI is InChI=1S/C16H19ClN2O2/c1-15(2,3)19-14(20)21-16(7-4-8-16)13-9-12(17)6-5-11(13)10-18/h5-6,9H,4,7-8H2,1-3H3,(H,19,20). The molecular weight excluding hydrogens is 288 g/mol. The molecule has 1 aliphatic rings. The topological polar surface area (TPSA) is 62.1 Å². The molecule has 1 saturated carbocycles. The van der Waals surface area contributed by atoms with Crippen molar-refractivity contribution in [2.45, 2.75) is 51.2 Å². The summed E-state index contributed by atoms with van der Waals surface area (Å²) in [6.07, 6.45) is 1.91. The normalized spacial score (nSPS) is 16.5. The van der Waals surface area contributed by atoms with Gasteiger partial charge in [-0.15, -0.1) is 0 Å². The van der Waals surface area contributed by atoms with Crippen LogP contribution in [0.1, 0.15) is 51.2 Å². The summed E-state index contributed by atoms with van der Waals surface area (Å²) in [6, 6.07) is 7.21. The Balaban J connectivity index is 2.29. The van der Waals surface area contributed by atoms with Crippen LogP contribution in [-0.2, 0) is 10.3 Å². The van der Waals surface area contributed by atoms with E-state index in [-0.39, 0.29) is 5.54 Å². The number of halogens is 1. The Kier molecular flexibility index (Phi) is 4.15. The van der Waals surface area contributed by atoms with Crippen molar-refractivity contribution < 1.29 is 9.53 Å². The van der Waals surface area contributed by atoms with E-state index in [1.807, 2.05) is 20.8 Å². The summed E-state index contributed by atoms with van der Waals surface area (Å²) >= 11 is 6.04. The number of nitriles is 1. The van der Waals surface area contributed by atoms with Gasteiger partial charge in [-0.25, -0.2) is 4.79 Å². The van der Waals surface area contributed by atoms with Crippen LogP contribution in [0.15, 0.2) is 18.2 Å². The van der Waals surface area contributed by atoms with Crippen molar-refractivity contribution in [1.82, 2.24) is 5.32 Å². The van der Waals surface area contributed by atoms with Crippen molar-refractivity contribution in [1.29, 1.82) is 5.26 Å². The van der Waals surface area contributed by atoms with Gasteiger partial charge in [0.2, 0.25) is 0 Å². The predicted octanol–water partition coefficient (Wildman–Crippen LogP) is 4.12. The molecule has 112 valence electrons. The number of ether oxygens (including phenoxy) is 1. The van der Waals surface area contributed by atoms with Gasteiger partial charge in [-0.2, -0.15) is 5.26 Å². The molecule has 0 heterocycles. The van der Waals surface area contributed by atoms with Gasteiger partial charge in [-0.1, -0.05) is 11.6 Å². The monoisotopic (exact) mass is 306 g/mol. The third-order valence-corrected chi connectivity index (χ3v) is 3.75. The largest absolute Gasteiger partial charge is 0.438 e. The zero-order chi connectivity index (χ0) is 15.7. The molecule has 0 aromatic heterocycles. The van der Waals surface area contributed by atoms with Crippen LogP contribution in [0.3, 0.4) is 0 Å². The highest BCUT2D eigenvalue weighted by molar-refractivity contribution is 6.30. The Morgan fingerprint density at radius 3 is 2.57 bits per heavy atom. The van der Waals surface area contributed by atoms with Gasteiger partial charge < -0.3 is 10.1 Å². The lowest BCUT2D eigenvalue weighted by Gasteiger charge is -2.42. The number of benzene rings is 1. The maximum atomic E-state index is 12.1. The average Bonchev–Trinajstić information content (AvgIpc) is 2.31. The number of carbonyl (C=O) groups excluding carboxylic acids is 1. The number of rotatable bonds is 2. The number of alkyl carbamates (subject to hydrolysis) is 1. The molecule has 0 atom stereocenters. The van der Waals surface area contributed by atoms with Gasteiger partial charge in [0.1, 0.15) is 5.60 Å². The van der Waals surface area contributed by atoms with E-state index in [0.717, 1.165) is 6.42 Å². The highest BCUT2D eigenvalue weighted by Crippen LogP contribution is 2.46. The summed E-state index contributed by atoms with van der Waals surface area (Å²) in [6.45, 7) is 5.67. The maximum Gasteiger partial charge on any atom is 0.408 e. The predicted molar refractivity (Wildman–Crippen MR) is 81.1 cm³/mol. The van der Waals surface area contributed by atoms with Gasteiger partial charge >= 0.3 is 6.09 Å². The smallest absolute Gasteiger partial charge is 0.408 e. The molecule has 2 rings (SSSR count). The van der Waals surface area contributed by atoms with Gasteiger partial charge in [-0.05, 0) is 58.2 Å². The summed E-state index contributed by atoms with van der Waals surface area (Å²) in [5.74, 6) is 0. The fourth-order valence-electron chi connectivity index (χ4n) is 2.42. The first-order valence-electron chi connectivity index (χ1n) is 6.97. The summed E-state index contributed by atoms with van der Waals surface area (Å²) in [5, 5.41) is 12.6. The Labute approximate surface area is 130 Å². The van der Waals surface area contributed by atoms with Crippen LogP contribution in [-0.4, -0.2) is 11.6 Å². The summed E-state index contributed by atoms with van der Waals surface area (Å²) in [5.41, 5.74) is 0.107. The van der Waals surface area contributed by atoms with Crippen LogP contribution in [0, 0.1) is 11.3 Å². The van der Waals surface area contributed by atoms with Crippen LogP contribution in [0.2, 0.25) is 5.02 Å². The Morgan fingerprint density at radius 2 is 2.10 bits per heavy atom. The molecule has 0 spiro atoms. The third kappa shape index (κ3) is 3.48. The summed E-state index contributed by atoms with van der Waals surface area (Å²) < 4.78 is 5.67. The van der Waals surface area contributed by atoms with E-state index in [4.69, 9.17) is 16.3 Å². The van der Waals surface area contributed by atoms with E-state index in [2.05, 4.69) is 11.4 Å². The van der Waals surface area contributed by atoms with Crippen molar-refractivity contribution in [3.8, 4) is 6.07 Å². The Bertz CT molecular complexity index is 595. The lowest BCUT2D eigenvalue weighted by atomic mass is 9.73. The van der Waals surface area contributed by atoms with Crippen molar-refractivity contribution >= 4 is 17.7 Å². The lowest BCUT2D eigenvalue weighted by Crippen LogP contribution is -2.47. The van der Waals surface area contributed by atoms with E-state index in [1.54, 1.807) is 18.2 Å². The molecule has 0 bridgehead atoms. The number of hydrogen-bond acceptors (Lipinski definition) is 3. The minimum atomic E-state index is -0.731. The van der Waals surface area contributed by atoms with Crippen LogP contribution >= 0.6 is 11.6 Å².